The molecule has 0 saturated heterocycles. The Labute approximate surface area is 103 Å². The van der Waals surface area contributed by atoms with Crippen LogP contribution >= 0.6 is 0 Å². The molecular formula is C14H22N2O. The Morgan fingerprint density at radius 1 is 1.59 bits per heavy atom. The fraction of sp³-hybridized carbons (Fsp3) is 0.643. The minimum absolute atomic E-state index is 0.155. The van der Waals surface area contributed by atoms with E-state index < -0.39 is 0 Å². The van der Waals surface area contributed by atoms with Gasteiger partial charge in [-0.25, -0.2) is 0 Å². The van der Waals surface area contributed by atoms with E-state index in [9.17, 15) is 5.11 Å². The van der Waals surface area contributed by atoms with Crippen LogP contribution in [-0.4, -0.2) is 21.7 Å². The lowest BCUT2D eigenvalue weighted by Gasteiger charge is -2.31. The Hall–Kier alpha value is -0.930. The van der Waals surface area contributed by atoms with E-state index in [0.29, 0.717) is 6.42 Å². The van der Waals surface area contributed by atoms with Crippen molar-refractivity contribution in [1.29, 1.82) is 0 Å². The fourth-order valence-electron chi connectivity index (χ4n) is 2.70. The highest BCUT2D eigenvalue weighted by Crippen LogP contribution is 2.34. The van der Waals surface area contributed by atoms with Gasteiger partial charge in [0.25, 0.3) is 0 Å². The van der Waals surface area contributed by atoms with E-state index in [1.807, 2.05) is 26.1 Å². The zero-order chi connectivity index (χ0) is 12.5. The lowest BCUT2D eigenvalue weighted by Crippen LogP contribution is -2.39. The molecular weight excluding hydrogens is 212 g/mol. The first-order valence-electron chi connectivity index (χ1n) is 6.38. The number of nitrogens with zero attached hydrogens (tertiary/aromatic N) is 1. The van der Waals surface area contributed by atoms with Crippen LogP contribution < -0.4 is 5.73 Å². The molecule has 2 unspecified atom stereocenters. The molecule has 1 aromatic rings. The van der Waals surface area contributed by atoms with Gasteiger partial charge in [0.05, 0.1) is 6.10 Å². The molecule has 94 valence electrons. The van der Waals surface area contributed by atoms with Gasteiger partial charge in [-0.1, -0.05) is 6.07 Å². The minimum atomic E-state index is -0.385. The molecule has 0 saturated carbocycles. The summed E-state index contributed by atoms with van der Waals surface area (Å²) in [4.78, 5) is 4.45. The van der Waals surface area contributed by atoms with E-state index in [0.717, 1.165) is 25.0 Å². The molecule has 2 rings (SSSR count). The van der Waals surface area contributed by atoms with Crippen LogP contribution in [0.4, 0.5) is 0 Å². The average molecular weight is 234 g/mol. The molecule has 1 aliphatic carbocycles. The third-order valence-corrected chi connectivity index (χ3v) is 3.44. The Morgan fingerprint density at radius 3 is 3.06 bits per heavy atom. The van der Waals surface area contributed by atoms with Crippen LogP contribution in [0.2, 0.25) is 0 Å². The number of hydrogen-bond donors (Lipinski definition) is 2. The summed E-state index contributed by atoms with van der Waals surface area (Å²) in [5, 5.41) is 10.3. The van der Waals surface area contributed by atoms with Gasteiger partial charge in [0.15, 0.2) is 0 Å². The molecule has 1 aromatic heterocycles. The Kier molecular flexibility index (Phi) is 3.50. The second-order valence-corrected chi connectivity index (χ2v) is 5.81. The smallest absolute Gasteiger partial charge is 0.0641 e. The fourth-order valence-corrected chi connectivity index (χ4v) is 2.70. The summed E-state index contributed by atoms with van der Waals surface area (Å²) in [5.41, 5.74) is 8.02. The van der Waals surface area contributed by atoms with Crippen molar-refractivity contribution in [1.82, 2.24) is 4.98 Å². The predicted octanol–water partition coefficient (Wildman–Crippen LogP) is 1.99. The first kappa shape index (κ1) is 12.5. The number of hydrogen-bond acceptors (Lipinski definition) is 3. The van der Waals surface area contributed by atoms with Gasteiger partial charge in [0, 0.05) is 23.3 Å². The lowest BCUT2D eigenvalue weighted by atomic mass is 9.80. The standard InChI is InChI=1S/C14H22N2O/c1-14(2,15)9-12(17)11-7-3-5-10-6-4-8-16-13(10)11/h4,6,8,11-12,17H,3,5,7,9,15H2,1-2H3. The second kappa shape index (κ2) is 4.75. The highest BCUT2D eigenvalue weighted by molar-refractivity contribution is 5.27. The molecule has 0 aromatic carbocycles. The molecule has 3 N–H and O–H groups in total. The van der Waals surface area contributed by atoms with Crippen LogP contribution in [0.3, 0.4) is 0 Å². The topological polar surface area (TPSA) is 59.1 Å². The summed E-state index contributed by atoms with van der Waals surface area (Å²) in [6.45, 7) is 3.91. The molecule has 0 spiro atoms. The van der Waals surface area contributed by atoms with Gasteiger partial charge in [-0.05, 0) is 51.2 Å². The minimum Gasteiger partial charge on any atom is -0.392 e. The number of pyridine rings is 1. The van der Waals surface area contributed by atoms with Crippen LogP contribution in [0.5, 0.6) is 0 Å². The van der Waals surface area contributed by atoms with Crippen molar-refractivity contribution >= 4 is 0 Å². The highest BCUT2D eigenvalue weighted by atomic mass is 16.3. The molecule has 0 bridgehead atoms. The Morgan fingerprint density at radius 2 is 2.35 bits per heavy atom. The number of aliphatic hydroxyl groups is 1. The number of aryl methyl sites for hydroxylation is 1. The second-order valence-electron chi connectivity index (χ2n) is 5.81. The van der Waals surface area contributed by atoms with E-state index >= 15 is 0 Å². The van der Waals surface area contributed by atoms with Crippen LogP contribution in [0, 0.1) is 0 Å². The third-order valence-electron chi connectivity index (χ3n) is 3.44. The highest BCUT2D eigenvalue weighted by Gasteiger charge is 2.30. The maximum absolute atomic E-state index is 10.3. The number of fused-ring (bicyclic) bond motifs is 1. The monoisotopic (exact) mass is 234 g/mol. The average Bonchev–Trinajstić information content (AvgIpc) is 2.26. The van der Waals surface area contributed by atoms with Crippen molar-refractivity contribution in [2.75, 3.05) is 0 Å². The first-order chi connectivity index (χ1) is 7.97. The van der Waals surface area contributed by atoms with Crippen molar-refractivity contribution < 1.29 is 5.11 Å². The van der Waals surface area contributed by atoms with E-state index in [1.54, 1.807) is 0 Å². The molecule has 3 heteroatoms. The largest absolute Gasteiger partial charge is 0.392 e. The molecule has 0 amide bonds. The van der Waals surface area contributed by atoms with Gasteiger partial charge >= 0.3 is 0 Å². The van der Waals surface area contributed by atoms with E-state index in [4.69, 9.17) is 5.73 Å². The summed E-state index contributed by atoms with van der Waals surface area (Å²) in [6, 6.07) is 4.09. The van der Waals surface area contributed by atoms with Gasteiger partial charge in [0.1, 0.15) is 0 Å². The predicted molar refractivity (Wildman–Crippen MR) is 68.8 cm³/mol. The summed E-state index contributed by atoms with van der Waals surface area (Å²) in [7, 11) is 0. The van der Waals surface area contributed by atoms with Crippen LogP contribution in [0.1, 0.15) is 50.3 Å². The first-order valence-corrected chi connectivity index (χ1v) is 6.38. The summed E-state index contributed by atoms with van der Waals surface area (Å²) >= 11 is 0. The van der Waals surface area contributed by atoms with Crippen LogP contribution in [0.15, 0.2) is 18.3 Å². The number of nitrogens with two attached hydrogens (primary N) is 1. The van der Waals surface area contributed by atoms with Gasteiger partial charge in [-0.2, -0.15) is 0 Å². The van der Waals surface area contributed by atoms with Gasteiger partial charge < -0.3 is 10.8 Å². The van der Waals surface area contributed by atoms with Crippen molar-refractivity contribution in [3.05, 3.63) is 29.6 Å². The molecule has 17 heavy (non-hydrogen) atoms. The van der Waals surface area contributed by atoms with Crippen LogP contribution in [-0.2, 0) is 6.42 Å². The molecule has 3 nitrogen and oxygen atoms in total. The van der Waals surface area contributed by atoms with Gasteiger partial charge in [-0.3, -0.25) is 4.98 Å². The van der Waals surface area contributed by atoms with Gasteiger partial charge in [0.2, 0.25) is 0 Å². The van der Waals surface area contributed by atoms with E-state index in [1.165, 1.54) is 5.56 Å². The van der Waals surface area contributed by atoms with Crippen molar-refractivity contribution in [3.63, 3.8) is 0 Å². The van der Waals surface area contributed by atoms with Crippen molar-refractivity contribution in [2.45, 2.75) is 57.1 Å². The molecule has 0 radical (unpaired) electrons. The van der Waals surface area contributed by atoms with Crippen LogP contribution in [0.25, 0.3) is 0 Å². The zero-order valence-electron chi connectivity index (χ0n) is 10.7. The molecule has 0 fully saturated rings. The number of rotatable bonds is 3. The molecule has 1 heterocycles. The Bertz CT molecular complexity index is 384. The lowest BCUT2D eigenvalue weighted by molar-refractivity contribution is 0.103. The van der Waals surface area contributed by atoms with Crippen molar-refractivity contribution in [2.24, 2.45) is 5.73 Å². The number of aromatic nitrogens is 1. The van der Waals surface area contributed by atoms with E-state index in [2.05, 4.69) is 11.1 Å². The Balaban J connectivity index is 2.18. The molecule has 1 aliphatic rings. The normalized spacial score (nSPS) is 22.0. The summed E-state index contributed by atoms with van der Waals surface area (Å²) < 4.78 is 0. The number of aliphatic hydroxyl groups excluding tert-OH is 1. The maximum atomic E-state index is 10.3. The van der Waals surface area contributed by atoms with E-state index in [-0.39, 0.29) is 17.6 Å². The van der Waals surface area contributed by atoms with Gasteiger partial charge in [-0.15, -0.1) is 0 Å². The summed E-state index contributed by atoms with van der Waals surface area (Å²) in [5.74, 6) is 0.155. The SMILES string of the molecule is CC(C)(N)CC(O)C1CCCc2cccnc21. The van der Waals surface area contributed by atoms with Crippen molar-refractivity contribution in [3.8, 4) is 0 Å². The maximum Gasteiger partial charge on any atom is 0.0641 e. The molecule has 0 aliphatic heterocycles. The summed E-state index contributed by atoms with van der Waals surface area (Å²) in [6.07, 6.45) is 5.28. The quantitative estimate of drug-likeness (QED) is 0.841. The third kappa shape index (κ3) is 3.05. The zero-order valence-corrected chi connectivity index (χ0v) is 10.7. The molecule has 2 atom stereocenters.